The van der Waals surface area contributed by atoms with Crippen LogP contribution in [0.3, 0.4) is 0 Å². The SMILES string of the molecule is CN(C(=O)OC(C)(C)C)C1CC(Nc2nc(Cl)ccc2[N+](=O)[O-])C1. The number of rotatable bonds is 4. The van der Waals surface area contributed by atoms with E-state index in [0.29, 0.717) is 12.8 Å². The molecular formula is C15H21ClN4O4. The van der Waals surface area contributed by atoms with Crippen LogP contribution in [-0.4, -0.2) is 45.6 Å². The smallest absolute Gasteiger partial charge is 0.410 e. The number of aromatic nitrogens is 1. The summed E-state index contributed by atoms with van der Waals surface area (Å²) in [4.78, 5) is 28.1. The molecule has 0 atom stereocenters. The van der Waals surface area contributed by atoms with Crippen molar-refractivity contribution < 1.29 is 14.5 Å². The fourth-order valence-electron chi connectivity index (χ4n) is 2.38. The lowest BCUT2D eigenvalue weighted by Crippen LogP contribution is -2.51. The maximum absolute atomic E-state index is 12.0. The largest absolute Gasteiger partial charge is 0.444 e. The Morgan fingerprint density at radius 1 is 1.46 bits per heavy atom. The Hall–Kier alpha value is -2.09. The van der Waals surface area contributed by atoms with Gasteiger partial charge in [0.25, 0.3) is 0 Å². The fourth-order valence-corrected chi connectivity index (χ4v) is 2.53. The van der Waals surface area contributed by atoms with Crippen LogP contribution in [0.1, 0.15) is 33.6 Å². The molecule has 8 nitrogen and oxygen atoms in total. The summed E-state index contributed by atoms with van der Waals surface area (Å²) in [6.45, 7) is 5.44. The molecule has 1 fully saturated rings. The number of amides is 1. The highest BCUT2D eigenvalue weighted by atomic mass is 35.5. The number of carbonyl (C=O) groups is 1. The third kappa shape index (κ3) is 4.47. The van der Waals surface area contributed by atoms with E-state index in [1.807, 2.05) is 20.8 Å². The molecule has 1 heterocycles. The highest BCUT2D eigenvalue weighted by Gasteiger charge is 2.37. The number of pyridine rings is 1. The van der Waals surface area contributed by atoms with Crippen molar-refractivity contribution in [3.05, 3.63) is 27.4 Å². The molecule has 1 aromatic heterocycles. The first-order valence-corrected chi connectivity index (χ1v) is 7.98. The van der Waals surface area contributed by atoms with Crippen LogP contribution in [0, 0.1) is 10.1 Å². The molecule has 0 spiro atoms. The lowest BCUT2D eigenvalue weighted by molar-refractivity contribution is -0.384. The Kier molecular flexibility index (Phi) is 5.17. The first-order chi connectivity index (χ1) is 11.1. The van der Waals surface area contributed by atoms with Gasteiger partial charge in [0.05, 0.1) is 4.92 Å². The average molecular weight is 357 g/mol. The molecule has 1 aliphatic rings. The quantitative estimate of drug-likeness (QED) is 0.504. The van der Waals surface area contributed by atoms with E-state index >= 15 is 0 Å². The molecule has 2 rings (SSSR count). The summed E-state index contributed by atoms with van der Waals surface area (Å²) in [6.07, 6.45) is 0.931. The predicted octanol–water partition coefficient (Wildman–Crippen LogP) is 3.45. The van der Waals surface area contributed by atoms with Crippen LogP contribution in [0.4, 0.5) is 16.3 Å². The first kappa shape index (κ1) is 18.3. The number of hydrogen-bond acceptors (Lipinski definition) is 6. The molecule has 0 aromatic carbocycles. The third-order valence-electron chi connectivity index (χ3n) is 3.72. The minimum absolute atomic E-state index is 0.00967. The molecule has 0 bridgehead atoms. The van der Waals surface area contributed by atoms with Gasteiger partial charge in [0.1, 0.15) is 10.8 Å². The van der Waals surface area contributed by atoms with E-state index in [1.165, 1.54) is 12.1 Å². The van der Waals surface area contributed by atoms with Crippen molar-refractivity contribution in [2.24, 2.45) is 0 Å². The van der Waals surface area contributed by atoms with Gasteiger partial charge in [0, 0.05) is 25.2 Å². The number of hydrogen-bond donors (Lipinski definition) is 1. The molecule has 1 N–H and O–H groups in total. The molecule has 9 heteroatoms. The zero-order valence-electron chi connectivity index (χ0n) is 14.1. The van der Waals surface area contributed by atoms with E-state index < -0.39 is 10.5 Å². The third-order valence-corrected chi connectivity index (χ3v) is 3.93. The molecule has 0 unspecified atom stereocenters. The predicted molar refractivity (Wildman–Crippen MR) is 90.3 cm³/mol. The summed E-state index contributed by atoms with van der Waals surface area (Å²) in [7, 11) is 1.69. The Morgan fingerprint density at radius 3 is 2.62 bits per heavy atom. The number of ether oxygens (including phenoxy) is 1. The first-order valence-electron chi connectivity index (χ1n) is 7.60. The molecule has 1 aromatic rings. The van der Waals surface area contributed by atoms with Crippen molar-refractivity contribution in [2.45, 2.75) is 51.3 Å². The van der Waals surface area contributed by atoms with Gasteiger partial charge in [-0.2, -0.15) is 0 Å². The van der Waals surface area contributed by atoms with E-state index in [1.54, 1.807) is 11.9 Å². The van der Waals surface area contributed by atoms with Crippen LogP contribution in [0.5, 0.6) is 0 Å². The van der Waals surface area contributed by atoms with Crippen LogP contribution >= 0.6 is 11.6 Å². The van der Waals surface area contributed by atoms with E-state index in [2.05, 4.69) is 10.3 Å². The van der Waals surface area contributed by atoms with Gasteiger partial charge in [0.15, 0.2) is 0 Å². The molecule has 1 aliphatic carbocycles. The highest BCUT2D eigenvalue weighted by Crippen LogP contribution is 2.32. The lowest BCUT2D eigenvalue weighted by Gasteiger charge is -2.41. The van der Waals surface area contributed by atoms with Gasteiger partial charge in [-0.05, 0) is 39.7 Å². The summed E-state index contributed by atoms with van der Waals surface area (Å²) in [5.74, 6) is 0.149. The topological polar surface area (TPSA) is 97.6 Å². The second-order valence-electron chi connectivity index (χ2n) is 6.82. The summed E-state index contributed by atoms with van der Waals surface area (Å²) in [5, 5.41) is 14.2. The molecule has 1 amide bonds. The van der Waals surface area contributed by atoms with Crippen molar-refractivity contribution in [1.29, 1.82) is 0 Å². The Balaban J connectivity index is 1.93. The number of halogens is 1. The fraction of sp³-hybridized carbons (Fsp3) is 0.600. The van der Waals surface area contributed by atoms with Crippen molar-refractivity contribution in [2.75, 3.05) is 12.4 Å². The Morgan fingerprint density at radius 2 is 2.08 bits per heavy atom. The molecule has 0 aliphatic heterocycles. The Labute approximate surface area is 145 Å². The summed E-state index contributed by atoms with van der Waals surface area (Å²) in [6, 6.07) is 2.71. The second kappa shape index (κ2) is 6.80. The number of nitrogens with one attached hydrogen (secondary N) is 1. The van der Waals surface area contributed by atoms with Crippen LogP contribution < -0.4 is 5.32 Å². The lowest BCUT2D eigenvalue weighted by atomic mass is 9.86. The second-order valence-corrected chi connectivity index (χ2v) is 7.20. The van der Waals surface area contributed by atoms with Crippen molar-refractivity contribution in [1.82, 2.24) is 9.88 Å². The summed E-state index contributed by atoms with van der Waals surface area (Å²) in [5.41, 5.74) is -0.665. The van der Waals surface area contributed by atoms with Crippen LogP contribution in [-0.2, 0) is 4.74 Å². The molecule has 0 radical (unpaired) electrons. The minimum Gasteiger partial charge on any atom is -0.444 e. The molecule has 1 saturated carbocycles. The molecule has 0 saturated heterocycles. The molecule has 132 valence electrons. The molecular weight excluding hydrogens is 336 g/mol. The zero-order valence-corrected chi connectivity index (χ0v) is 14.8. The summed E-state index contributed by atoms with van der Waals surface area (Å²) < 4.78 is 5.32. The standard InChI is InChI=1S/C15H21ClN4O4/c1-15(2,3)24-14(21)19(4)10-7-9(8-10)17-13-11(20(22)23)5-6-12(16)18-13/h5-6,9-10H,7-8H2,1-4H3,(H,17,18). The normalized spacial score (nSPS) is 20.0. The monoisotopic (exact) mass is 356 g/mol. The highest BCUT2D eigenvalue weighted by molar-refractivity contribution is 6.29. The van der Waals surface area contributed by atoms with E-state index in [9.17, 15) is 14.9 Å². The number of nitro groups is 1. The van der Waals surface area contributed by atoms with Gasteiger partial charge in [-0.3, -0.25) is 10.1 Å². The minimum atomic E-state index is -0.544. The maximum atomic E-state index is 12.0. The molecule has 24 heavy (non-hydrogen) atoms. The number of nitrogens with zero attached hydrogens (tertiary/aromatic N) is 3. The van der Waals surface area contributed by atoms with Crippen LogP contribution in [0.2, 0.25) is 5.15 Å². The van der Waals surface area contributed by atoms with E-state index in [4.69, 9.17) is 16.3 Å². The van der Waals surface area contributed by atoms with Gasteiger partial charge in [-0.1, -0.05) is 11.6 Å². The zero-order chi connectivity index (χ0) is 18.1. The van der Waals surface area contributed by atoms with Crippen molar-refractivity contribution in [3.63, 3.8) is 0 Å². The van der Waals surface area contributed by atoms with Crippen molar-refractivity contribution >= 4 is 29.2 Å². The van der Waals surface area contributed by atoms with Gasteiger partial charge >= 0.3 is 11.8 Å². The van der Waals surface area contributed by atoms with Crippen LogP contribution in [0.25, 0.3) is 0 Å². The van der Waals surface area contributed by atoms with Crippen LogP contribution in [0.15, 0.2) is 12.1 Å². The average Bonchev–Trinajstić information content (AvgIpc) is 2.39. The summed E-state index contributed by atoms with van der Waals surface area (Å²) >= 11 is 5.81. The Bertz CT molecular complexity index is 641. The van der Waals surface area contributed by atoms with E-state index in [-0.39, 0.29) is 34.8 Å². The van der Waals surface area contributed by atoms with Gasteiger partial charge in [-0.15, -0.1) is 0 Å². The van der Waals surface area contributed by atoms with Gasteiger partial charge in [0.2, 0.25) is 5.82 Å². The van der Waals surface area contributed by atoms with Crippen molar-refractivity contribution in [3.8, 4) is 0 Å². The van der Waals surface area contributed by atoms with E-state index in [0.717, 1.165) is 0 Å². The van der Waals surface area contributed by atoms with Gasteiger partial charge in [-0.25, -0.2) is 9.78 Å². The maximum Gasteiger partial charge on any atom is 0.410 e. The van der Waals surface area contributed by atoms with Gasteiger partial charge < -0.3 is 15.0 Å². The number of anilines is 1. The number of carbonyl (C=O) groups excluding carboxylic acids is 1.